The van der Waals surface area contributed by atoms with Gasteiger partial charge in [0, 0.05) is 24.0 Å². The maximum atomic E-state index is 11.1. The molecule has 0 saturated heterocycles. The molecule has 6 nitrogen and oxygen atoms in total. The Kier molecular flexibility index (Phi) is 88.3. The zero-order chi connectivity index (χ0) is 65.8. The smallest absolute Gasteiger partial charge is 0.550 e. The Hall–Kier alpha value is 0.120. The molecule has 0 aromatic rings. The van der Waals surface area contributed by atoms with Crippen LogP contribution in [0.3, 0.4) is 0 Å². The third-order valence-electron chi connectivity index (χ3n) is 20.5. The molecule has 2 unspecified atom stereocenters. The summed E-state index contributed by atoms with van der Waals surface area (Å²) in [7, 11) is 0. The second kappa shape index (κ2) is 84.3. The molecule has 7 heteroatoms. The number of unbranched alkanes of at least 4 members (excludes halogenated alkanes) is 60. The molecule has 0 amide bonds. The average molecular weight is 1310 g/mol. The standard InChI is InChI=1S/2C42H85NO2.Ca/c2*1-4-7-9-11-13-15-17-19-21-23-25-27-29-31-33-35-39-43(41(6-3)37-38-42(44)45)40-36-34-32-30-28-26-24-22-20-18-16-14-12-10-8-5-2;/h2*41H,4-40H2,1-3H3,(H,44,45);/q;;+2/p-2. The molecular weight excluding hydrogens is 1140 g/mol. The number of carboxylic acids is 2. The van der Waals surface area contributed by atoms with Crippen molar-refractivity contribution in [3.05, 3.63) is 0 Å². The maximum Gasteiger partial charge on any atom is 2.00 e. The summed E-state index contributed by atoms with van der Waals surface area (Å²) in [6.07, 6.45) is 93.9. The van der Waals surface area contributed by atoms with Crippen LogP contribution in [0.1, 0.15) is 491 Å². The monoisotopic (exact) mass is 1310 g/mol. The summed E-state index contributed by atoms with van der Waals surface area (Å²) in [6.45, 7) is 18.2. The van der Waals surface area contributed by atoms with Crippen molar-refractivity contribution in [2.24, 2.45) is 0 Å². The van der Waals surface area contributed by atoms with Gasteiger partial charge in [-0.15, -0.1) is 0 Å². The molecule has 0 N–H and O–H groups in total. The van der Waals surface area contributed by atoms with Crippen molar-refractivity contribution in [1.82, 2.24) is 9.80 Å². The first-order valence-electron chi connectivity index (χ1n) is 42.2. The van der Waals surface area contributed by atoms with Crippen molar-refractivity contribution in [2.45, 2.75) is 503 Å². The zero-order valence-electron chi connectivity index (χ0n) is 63.7. The summed E-state index contributed by atoms with van der Waals surface area (Å²) in [4.78, 5) is 27.6. The van der Waals surface area contributed by atoms with Crippen LogP contribution in [0, 0.1) is 0 Å². The van der Waals surface area contributed by atoms with E-state index in [1.54, 1.807) is 0 Å². The van der Waals surface area contributed by atoms with Gasteiger partial charge in [0.15, 0.2) is 0 Å². The third kappa shape index (κ3) is 79.0. The number of carbonyl (C=O) groups excluding carboxylic acids is 2. The van der Waals surface area contributed by atoms with Crippen LogP contribution < -0.4 is 10.2 Å². The van der Waals surface area contributed by atoms with Crippen LogP contribution in [-0.2, 0) is 9.59 Å². The zero-order valence-corrected chi connectivity index (χ0v) is 65.9. The molecule has 0 aliphatic heterocycles. The number of nitrogens with zero attached hydrogens (tertiary/aromatic N) is 2. The fourth-order valence-electron chi connectivity index (χ4n) is 14.3. The van der Waals surface area contributed by atoms with E-state index in [0.29, 0.717) is 12.1 Å². The third-order valence-corrected chi connectivity index (χ3v) is 20.5. The number of carboxylic acid groups (broad SMARTS) is 2. The molecule has 0 fully saturated rings. The number of hydrogen-bond acceptors (Lipinski definition) is 6. The van der Waals surface area contributed by atoms with Crippen molar-refractivity contribution in [2.75, 3.05) is 26.2 Å². The van der Waals surface area contributed by atoms with Gasteiger partial charge in [0.05, 0.1) is 0 Å². The van der Waals surface area contributed by atoms with Crippen molar-refractivity contribution in [1.29, 1.82) is 0 Å². The Morgan fingerprint density at radius 2 is 0.341 bits per heavy atom. The van der Waals surface area contributed by atoms with Gasteiger partial charge in [0.25, 0.3) is 0 Å². The first kappa shape index (κ1) is 95.3. The molecule has 0 spiro atoms. The minimum Gasteiger partial charge on any atom is -0.550 e. The van der Waals surface area contributed by atoms with E-state index in [2.05, 4.69) is 51.3 Å². The molecule has 0 radical (unpaired) electrons. The minimum absolute atomic E-state index is 0. The molecule has 540 valence electrons. The number of aliphatic carboxylic acids is 2. The molecule has 0 aromatic carbocycles. The fraction of sp³-hybridized carbons (Fsp3) is 0.976. The Morgan fingerprint density at radius 1 is 0.220 bits per heavy atom. The van der Waals surface area contributed by atoms with E-state index in [-0.39, 0.29) is 50.6 Å². The summed E-state index contributed by atoms with van der Waals surface area (Å²) in [5, 5.41) is 22.3. The number of carbonyl (C=O) groups is 2. The van der Waals surface area contributed by atoms with E-state index in [1.165, 1.54) is 411 Å². The fourth-order valence-corrected chi connectivity index (χ4v) is 14.3. The van der Waals surface area contributed by atoms with Gasteiger partial charge in [-0.05, 0) is 90.4 Å². The van der Waals surface area contributed by atoms with E-state index in [0.717, 1.165) is 51.9 Å². The SMILES string of the molecule is CCCCCCCCCCCCCCCCCCN(CCCCCCCCCCCCCCCCCC)C(CC)CCC(=O)[O-].CCCCCCCCCCCCCCCCCCN(CCCCCCCCCCCCCCCCCC)C(CC)CCC(=O)[O-].[Ca+2]. The molecule has 0 aromatic heterocycles. The first-order valence-corrected chi connectivity index (χ1v) is 42.2. The quantitative estimate of drug-likeness (QED) is 0.0445. The normalized spacial score (nSPS) is 12.2. The van der Waals surface area contributed by atoms with Crippen LogP contribution in [0.15, 0.2) is 0 Å². The number of hydrogen-bond donors (Lipinski definition) is 0. The molecule has 0 aliphatic rings. The minimum atomic E-state index is -0.891. The summed E-state index contributed by atoms with van der Waals surface area (Å²) >= 11 is 0. The van der Waals surface area contributed by atoms with Crippen molar-refractivity contribution in [3.8, 4) is 0 Å². The molecule has 0 rings (SSSR count). The van der Waals surface area contributed by atoms with Crippen LogP contribution in [0.25, 0.3) is 0 Å². The predicted octanol–water partition coefficient (Wildman–Crippen LogP) is 25.9. The second-order valence-corrected chi connectivity index (χ2v) is 29.2. The molecule has 0 saturated carbocycles. The molecule has 2 atom stereocenters. The Labute approximate surface area is 604 Å². The first-order chi connectivity index (χ1) is 44.3. The molecule has 0 heterocycles. The van der Waals surface area contributed by atoms with E-state index >= 15 is 0 Å². The van der Waals surface area contributed by atoms with Gasteiger partial charge in [-0.25, -0.2) is 0 Å². The van der Waals surface area contributed by atoms with Crippen LogP contribution >= 0.6 is 0 Å². The van der Waals surface area contributed by atoms with Gasteiger partial charge in [-0.1, -0.05) is 427 Å². The van der Waals surface area contributed by atoms with Gasteiger partial charge < -0.3 is 29.6 Å². The van der Waals surface area contributed by atoms with Gasteiger partial charge in [-0.2, -0.15) is 0 Å². The van der Waals surface area contributed by atoms with E-state index in [9.17, 15) is 19.8 Å². The van der Waals surface area contributed by atoms with Crippen molar-refractivity contribution in [3.63, 3.8) is 0 Å². The molecular formula is C84H168CaN2O4. The molecule has 0 bridgehead atoms. The summed E-state index contributed by atoms with van der Waals surface area (Å²) in [6, 6.07) is 0.797. The number of rotatable bonds is 78. The van der Waals surface area contributed by atoms with Crippen molar-refractivity contribution >= 4 is 49.7 Å². The van der Waals surface area contributed by atoms with E-state index in [1.807, 2.05) is 0 Å². The Bertz CT molecular complexity index is 1160. The van der Waals surface area contributed by atoms with Gasteiger partial charge in [-0.3, -0.25) is 0 Å². The average Bonchev–Trinajstić information content (AvgIpc) is 3.75. The van der Waals surface area contributed by atoms with Crippen LogP contribution in [0.5, 0.6) is 0 Å². The van der Waals surface area contributed by atoms with Gasteiger partial charge in [0.1, 0.15) is 0 Å². The maximum absolute atomic E-state index is 11.1. The van der Waals surface area contributed by atoms with Crippen molar-refractivity contribution < 1.29 is 19.8 Å². The summed E-state index contributed by atoms with van der Waals surface area (Å²) < 4.78 is 0. The predicted molar refractivity (Wildman–Crippen MR) is 404 cm³/mol. The van der Waals surface area contributed by atoms with E-state index in [4.69, 9.17) is 0 Å². The Balaban J connectivity index is -0.00000168. The topological polar surface area (TPSA) is 86.7 Å². The largest absolute Gasteiger partial charge is 2.00 e. The van der Waals surface area contributed by atoms with Crippen LogP contribution in [0.4, 0.5) is 0 Å². The summed E-state index contributed by atoms with van der Waals surface area (Å²) in [5.74, 6) is -1.78. The molecule has 91 heavy (non-hydrogen) atoms. The van der Waals surface area contributed by atoms with Gasteiger partial charge in [0.2, 0.25) is 0 Å². The second-order valence-electron chi connectivity index (χ2n) is 29.2. The van der Waals surface area contributed by atoms with Crippen LogP contribution in [0.2, 0.25) is 0 Å². The van der Waals surface area contributed by atoms with Gasteiger partial charge >= 0.3 is 37.7 Å². The molecule has 0 aliphatic carbocycles. The Morgan fingerprint density at radius 3 is 0.451 bits per heavy atom. The summed E-state index contributed by atoms with van der Waals surface area (Å²) in [5.41, 5.74) is 0. The van der Waals surface area contributed by atoms with E-state index < -0.39 is 11.9 Å². The van der Waals surface area contributed by atoms with Crippen LogP contribution in [-0.4, -0.2) is 97.7 Å².